The van der Waals surface area contributed by atoms with Crippen LogP contribution in [0.3, 0.4) is 0 Å². The maximum absolute atomic E-state index is 6.21. The Bertz CT molecular complexity index is 942. The Morgan fingerprint density at radius 3 is 2.76 bits per heavy atom. The summed E-state index contributed by atoms with van der Waals surface area (Å²) in [4.78, 5) is 9.86. The van der Waals surface area contributed by atoms with Gasteiger partial charge in [-0.15, -0.1) is 0 Å². The Kier molecular flexibility index (Phi) is 4.47. The van der Waals surface area contributed by atoms with Crippen molar-refractivity contribution in [2.75, 3.05) is 6.61 Å². The van der Waals surface area contributed by atoms with E-state index in [1.165, 1.54) is 0 Å². The molecule has 25 heavy (non-hydrogen) atoms. The zero-order valence-electron chi connectivity index (χ0n) is 13.2. The second kappa shape index (κ2) is 6.90. The molecule has 0 spiro atoms. The smallest absolute Gasteiger partial charge is 0.167 e. The summed E-state index contributed by atoms with van der Waals surface area (Å²) in [6, 6.07) is 15.0. The molecule has 0 aliphatic carbocycles. The highest BCUT2D eigenvalue weighted by atomic mass is 35.5. The minimum atomic E-state index is -0.139. The number of nitrogens with zero attached hydrogens (tertiary/aromatic N) is 2. The van der Waals surface area contributed by atoms with Gasteiger partial charge in [0.2, 0.25) is 0 Å². The molecule has 0 amide bonds. The summed E-state index contributed by atoms with van der Waals surface area (Å²) in [6.45, 7) is 0.383. The third-order valence-electron chi connectivity index (χ3n) is 4.01. The number of aromatic nitrogens is 1. The largest absolute Gasteiger partial charge is 0.487 e. The lowest BCUT2D eigenvalue weighted by molar-refractivity contribution is 0.0475. The first-order valence-electron chi connectivity index (χ1n) is 7.85. The standard InChI is InChI=1S/C19H14Cl2N2O2/c20-13-5-3-12(4-6-13)17-10-14(25-23-17)11-24-18-8-7-16(21)15-2-1-9-22-19(15)18/h1-9,14H,10-11H2. The van der Waals surface area contributed by atoms with E-state index in [9.17, 15) is 0 Å². The predicted octanol–water partition coefficient (Wildman–Crippen LogP) is 5.11. The lowest BCUT2D eigenvalue weighted by Crippen LogP contribution is -2.18. The van der Waals surface area contributed by atoms with Crippen molar-refractivity contribution in [3.8, 4) is 5.75 Å². The molecule has 0 bridgehead atoms. The van der Waals surface area contributed by atoms with Crippen molar-refractivity contribution >= 4 is 39.8 Å². The van der Waals surface area contributed by atoms with Gasteiger partial charge in [0.1, 0.15) is 17.9 Å². The fourth-order valence-electron chi connectivity index (χ4n) is 2.74. The molecule has 4 rings (SSSR count). The number of pyridine rings is 1. The van der Waals surface area contributed by atoms with Crippen molar-refractivity contribution in [3.63, 3.8) is 0 Å². The van der Waals surface area contributed by atoms with Gasteiger partial charge < -0.3 is 9.57 Å². The Balaban J connectivity index is 1.44. The molecule has 0 saturated heterocycles. The predicted molar refractivity (Wildman–Crippen MR) is 99.7 cm³/mol. The fraction of sp³-hybridized carbons (Fsp3) is 0.158. The molecule has 0 saturated carbocycles. The normalized spacial score (nSPS) is 16.6. The molecule has 1 unspecified atom stereocenters. The van der Waals surface area contributed by atoms with Crippen LogP contribution in [0.2, 0.25) is 10.0 Å². The first-order valence-corrected chi connectivity index (χ1v) is 8.61. The molecule has 1 aromatic heterocycles. The average Bonchev–Trinajstić information content (AvgIpc) is 3.11. The molecule has 2 heterocycles. The highest BCUT2D eigenvalue weighted by Gasteiger charge is 2.23. The molecular weight excluding hydrogens is 359 g/mol. The highest BCUT2D eigenvalue weighted by Crippen LogP contribution is 2.30. The SMILES string of the molecule is Clc1ccc(C2=NOC(COc3ccc(Cl)c4cccnc34)C2)cc1. The van der Waals surface area contributed by atoms with Crippen LogP contribution in [0.15, 0.2) is 59.9 Å². The van der Waals surface area contributed by atoms with Gasteiger partial charge in [-0.3, -0.25) is 4.98 Å². The third-order valence-corrected chi connectivity index (χ3v) is 4.60. The number of benzene rings is 2. The van der Waals surface area contributed by atoms with Crippen LogP contribution in [0.4, 0.5) is 0 Å². The summed E-state index contributed by atoms with van der Waals surface area (Å²) in [5.41, 5.74) is 2.64. The number of oxime groups is 1. The van der Waals surface area contributed by atoms with Gasteiger partial charge in [0.05, 0.1) is 10.7 Å². The van der Waals surface area contributed by atoms with E-state index in [2.05, 4.69) is 10.1 Å². The lowest BCUT2D eigenvalue weighted by Gasteiger charge is -2.12. The maximum Gasteiger partial charge on any atom is 0.167 e. The van der Waals surface area contributed by atoms with Crippen molar-refractivity contribution in [2.45, 2.75) is 12.5 Å². The van der Waals surface area contributed by atoms with E-state index in [1.807, 2.05) is 48.5 Å². The summed E-state index contributed by atoms with van der Waals surface area (Å²) in [5, 5.41) is 6.38. The van der Waals surface area contributed by atoms with Crippen LogP contribution < -0.4 is 4.74 Å². The molecule has 1 atom stereocenters. The quantitative estimate of drug-likeness (QED) is 0.638. The molecule has 0 fully saturated rings. The van der Waals surface area contributed by atoms with Crippen molar-refractivity contribution in [2.24, 2.45) is 5.16 Å². The molecule has 1 aliphatic rings. The molecule has 4 nitrogen and oxygen atoms in total. The van der Waals surface area contributed by atoms with Gasteiger partial charge in [0.15, 0.2) is 6.10 Å². The monoisotopic (exact) mass is 372 g/mol. The van der Waals surface area contributed by atoms with Crippen molar-refractivity contribution in [3.05, 3.63) is 70.3 Å². The molecule has 0 N–H and O–H groups in total. The van der Waals surface area contributed by atoms with Gasteiger partial charge in [-0.1, -0.05) is 40.5 Å². The van der Waals surface area contributed by atoms with E-state index in [-0.39, 0.29) is 6.10 Å². The van der Waals surface area contributed by atoms with Gasteiger partial charge in [-0.2, -0.15) is 0 Å². The summed E-state index contributed by atoms with van der Waals surface area (Å²) in [7, 11) is 0. The Morgan fingerprint density at radius 2 is 1.92 bits per heavy atom. The second-order valence-corrected chi connectivity index (χ2v) is 6.58. The van der Waals surface area contributed by atoms with Gasteiger partial charge >= 0.3 is 0 Å². The number of hydrogen-bond acceptors (Lipinski definition) is 4. The number of halogens is 2. The van der Waals surface area contributed by atoms with Crippen molar-refractivity contribution < 1.29 is 9.57 Å². The van der Waals surface area contributed by atoms with Crippen LogP contribution in [0.25, 0.3) is 10.9 Å². The average molecular weight is 373 g/mol. The Hall–Kier alpha value is -2.30. The van der Waals surface area contributed by atoms with Crippen LogP contribution in [0.1, 0.15) is 12.0 Å². The minimum Gasteiger partial charge on any atom is -0.487 e. The van der Waals surface area contributed by atoms with E-state index in [4.69, 9.17) is 32.8 Å². The van der Waals surface area contributed by atoms with Gasteiger partial charge in [-0.05, 0) is 42.0 Å². The number of fused-ring (bicyclic) bond motifs is 1. The molecule has 2 aromatic carbocycles. The number of rotatable bonds is 4. The molecule has 6 heteroatoms. The molecule has 0 radical (unpaired) electrons. The zero-order chi connectivity index (χ0) is 17.2. The first-order chi connectivity index (χ1) is 12.2. The molecule has 126 valence electrons. The number of ether oxygens (including phenoxy) is 1. The number of hydrogen-bond donors (Lipinski definition) is 0. The van der Waals surface area contributed by atoms with Crippen molar-refractivity contribution in [1.82, 2.24) is 4.98 Å². The first kappa shape index (κ1) is 16.2. The maximum atomic E-state index is 6.21. The highest BCUT2D eigenvalue weighted by molar-refractivity contribution is 6.35. The topological polar surface area (TPSA) is 43.7 Å². The fourth-order valence-corrected chi connectivity index (χ4v) is 3.08. The van der Waals surface area contributed by atoms with Crippen LogP contribution >= 0.6 is 23.2 Å². The van der Waals surface area contributed by atoms with E-state index >= 15 is 0 Å². The van der Waals surface area contributed by atoms with Crippen LogP contribution in [-0.4, -0.2) is 23.4 Å². The van der Waals surface area contributed by atoms with E-state index in [0.717, 1.165) is 22.2 Å². The summed E-state index contributed by atoms with van der Waals surface area (Å²) < 4.78 is 5.92. The van der Waals surface area contributed by atoms with Gasteiger partial charge in [0, 0.05) is 23.0 Å². The van der Waals surface area contributed by atoms with E-state index in [1.54, 1.807) is 6.20 Å². The van der Waals surface area contributed by atoms with Crippen LogP contribution in [-0.2, 0) is 4.84 Å². The van der Waals surface area contributed by atoms with Crippen LogP contribution in [0, 0.1) is 0 Å². The molecule has 1 aliphatic heterocycles. The minimum absolute atomic E-state index is 0.139. The van der Waals surface area contributed by atoms with Crippen molar-refractivity contribution in [1.29, 1.82) is 0 Å². The second-order valence-electron chi connectivity index (χ2n) is 5.73. The Morgan fingerprint density at radius 1 is 1.08 bits per heavy atom. The van der Waals surface area contributed by atoms with Crippen LogP contribution in [0.5, 0.6) is 5.75 Å². The van der Waals surface area contributed by atoms with Gasteiger partial charge in [0.25, 0.3) is 0 Å². The molecular formula is C19H14Cl2N2O2. The lowest BCUT2D eigenvalue weighted by atomic mass is 10.1. The van der Waals surface area contributed by atoms with E-state index < -0.39 is 0 Å². The molecule has 3 aromatic rings. The summed E-state index contributed by atoms with van der Waals surface area (Å²) in [5.74, 6) is 0.684. The third kappa shape index (κ3) is 3.41. The summed E-state index contributed by atoms with van der Waals surface area (Å²) >= 11 is 12.1. The Labute approximate surface area is 155 Å². The summed E-state index contributed by atoms with van der Waals surface area (Å²) in [6.07, 6.45) is 2.26. The van der Waals surface area contributed by atoms with Gasteiger partial charge in [-0.25, -0.2) is 0 Å². The zero-order valence-corrected chi connectivity index (χ0v) is 14.7. The van der Waals surface area contributed by atoms with E-state index in [0.29, 0.717) is 28.8 Å².